The van der Waals surface area contributed by atoms with Gasteiger partial charge in [0.25, 0.3) is 11.8 Å². The molecule has 1 amide bonds. The van der Waals surface area contributed by atoms with Crippen LogP contribution in [0.1, 0.15) is 35.1 Å². The molecule has 0 bridgehead atoms. The Hall–Kier alpha value is -2.95. The van der Waals surface area contributed by atoms with Crippen molar-refractivity contribution in [2.45, 2.75) is 32.7 Å². The molecular formula is C20H21N3O2. The summed E-state index contributed by atoms with van der Waals surface area (Å²) in [7, 11) is 0. The van der Waals surface area contributed by atoms with Crippen LogP contribution in [0.25, 0.3) is 11.5 Å². The van der Waals surface area contributed by atoms with Gasteiger partial charge in [-0.05, 0) is 56.5 Å². The lowest BCUT2D eigenvalue weighted by atomic mass is 10.1. The minimum atomic E-state index is -0.0752. The molecular weight excluding hydrogens is 314 g/mol. The first-order chi connectivity index (χ1) is 12.1. The average Bonchev–Trinajstić information content (AvgIpc) is 3.07. The molecule has 128 valence electrons. The number of hydrogen-bond donors (Lipinski definition) is 1. The normalized spacial score (nSPS) is 11.9. The van der Waals surface area contributed by atoms with Crippen molar-refractivity contribution in [2.75, 3.05) is 0 Å². The van der Waals surface area contributed by atoms with Crippen molar-refractivity contribution >= 4 is 5.91 Å². The van der Waals surface area contributed by atoms with Crippen LogP contribution in [0.3, 0.4) is 0 Å². The van der Waals surface area contributed by atoms with E-state index >= 15 is 0 Å². The molecule has 1 atom stereocenters. The van der Waals surface area contributed by atoms with Crippen molar-refractivity contribution < 1.29 is 9.32 Å². The van der Waals surface area contributed by atoms with E-state index in [-0.39, 0.29) is 11.9 Å². The zero-order chi connectivity index (χ0) is 17.6. The fourth-order valence-electron chi connectivity index (χ4n) is 2.59. The zero-order valence-electron chi connectivity index (χ0n) is 14.4. The van der Waals surface area contributed by atoms with Crippen molar-refractivity contribution in [3.63, 3.8) is 0 Å². The van der Waals surface area contributed by atoms with Gasteiger partial charge in [0.05, 0.1) is 0 Å². The third-order valence-corrected chi connectivity index (χ3v) is 4.01. The molecule has 0 saturated heterocycles. The Kier molecular flexibility index (Phi) is 5.23. The fourth-order valence-corrected chi connectivity index (χ4v) is 2.59. The highest BCUT2D eigenvalue weighted by Gasteiger charge is 2.11. The molecule has 1 unspecified atom stereocenters. The molecule has 1 heterocycles. The molecule has 1 N–H and O–H groups in total. The first-order valence-electron chi connectivity index (χ1n) is 8.37. The standard InChI is InChI=1S/C20H21N3O2/c1-14(8-9-16-6-4-3-5-7-16)21-19(24)17-10-12-18(13-11-17)20-22-15(2)23-25-20/h3-7,10-14H,8-9H2,1-2H3,(H,21,24). The summed E-state index contributed by atoms with van der Waals surface area (Å²) in [5.74, 6) is 0.971. The van der Waals surface area contributed by atoms with Crippen molar-refractivity contribution in [2.24, 2.45) is 0 Å². The van der Waals surface area contributed by atoms with E-state index in [1.165, 1.54) is 5.56 Å². The summed E-state index contributed by atoms with van der Waals surface area (Å²) in [5, 5.41) is 6.81. The molecule has 3 aromatic rings. The average molecular weight is 335 g/mol. The van der Waals surface area contributed by atoms with Crippen molar-refractivity contribution in [1.82, 2.24) is 15.5 Å². The van der Waals surface area contributed by atoms with Gasteiger partial charge in [0.1, 0.15) is 0 Å². The lowest BCUT2D eigenvalue weighted by Crippen LogP contribution is -2.32. The molecule has 0 spiro atoms. The van der Waals surface area contributed by atoms with Gasteiger partial charge in [-0.25, -0.2) is 0 Å². The van der Waals surface area contributed by atoms with Crippen LogP contribution in [0.5, 0.6) is 0 Å². The third-order valence-electron chi connectivity index (χ3n) is 4.01. The summed E-state index contributed by atoms with van der Waals surface area (Å²) in [6, 6.07) is 17.6. The number of rotatable bonds is 6. The zero-order valence-corrected chi connectivity index (χ0v) is 14.4. The van der Waals surface area contributed by atoms with Gasteiger partial charge in [0, 0.05) is 17.2 Å². The van der Waals surface area contributed by atoms with Crippen molar-refractivity contribution in [1.29, 1.82) is 0 Å². The Morgan fingerprint density at radius 3 is 2.48 bits per heavy atom. The molecule has 0 saturated carbocycles. The van der Waals surface area contributed by atoms with Gasteiger partial charge in [0.2, 0.25) is 0 Å². The minimum Gasteiger partial charge on any atom is -0.350 e. The van der Waals surface area contributed by atoms with Crippen LogP contribution >= 0.6 is 0 Å². The largest absolute Gasteiger partial charge is 0.350 e. The van der Waals surface area contributed by atoms with E-state index in [9.17, 15) is 4.79 Å². The Morgan fingerprint density at radius 2 is 1.84 bits per heavy atom. The van der Waals surface area contributed by atoms with Crippen molar-refractivity contribution in [3.05, 3.63) is 71.5 Å². The van der Waals surface area contributed by atoms with E-state index in [0.717, 1.165) is 18.4 Å². The van der Waals surface area contributed by atoms with Gasteiger partial charge in [-0.15, -0.1) is 0 Å². The molecule has 1 aromatic heterocycles. The van der Waals surface area contributed by atoms with E-state index < -0.39 is 0 Å². The second-order valence-corrected chi connectivity index (χ2v) is 6.12. The van der Waals surface area contributed by atoms with E-state index in [0.29, 0.717) is 17.3 Å². The van der Waals surface area contributed by atoms with Gasteiger partial charge < -0.3 is 9.84 Å². The SMILES string of the molecule is Cc1noc(-c2ccc(C(=O)NC(C)CCc3ccccc3)cc2)n1. The number of hydrogen-bond acceptors (Lipinski definition) is 4. The quantitative estimate of drug-likeness (QED) is 0.744. The maximum Gasteiger partial charge on any atom is 0.257 e. The fraction of sp³-hybridized carbons (Fsp3) is 0.250. The molecule has 0 radical (unpaired) electrons. The molecule has 5 heteroatoms. The van der Waals surface area contributed by atoms with Crippen LogP contribution in [-0.4, -0.2) is 22.1 Å². The van der Waals surface area contributed by atoms with E-state index in [1.807, 2.05) is 37.3 Å². The second kappa shape index (κ2) is 7.75. The first-order valence-corrected chi connectivity index (χ1v) is 8.37. The number of nitrogens with zero attached hydrogens (tertiary/aromatic N) is 2. The highest BCUT2D eigenvalue weighted by Crippen LogP contribution is 2.17. The maximum absolute atomic E-state index is 12.4. The number of carbonyl (C=O) groups is 1. The summed E-state index contributed by atoms with van der Waals surface area (Å²) in [5.41, 5.74) is 2.70. The van der Waals surface area contributed by atoms with Crippen LogP contribution in [0.15, 0.2) is 59.1 Å². The summed E-state index contributed by atoms with van der Waals surface area (Å²) in [6.45, 7) is 3.79. The highest BCUT2D eigenvalue weighted by atomic mass is 16.5. The van der Waals surface area contributed by atoms with Crippen LogP contribution < -0.4 is 5.32 Å². The van der Waals surface area contributed by atoms with Gasteiger partial charge in [-0.2, -0.15) is 4.98 Å². The predicted molar refractivity (Wildman–Crippen MR) is 96.2 cm³/mol. The maximum atomic E-state index is 12.4. The molecule has 25 heavy (non-hydrogen) atoms. The van der Waals surface area contributed by atoms with Crippen LogP contribution in [0, 0.1) is 6.92 Å². The smallest absolute Gasteiger partial charge is 0.257 e. The summed E-state index contributed by atoms with van der Waals surface area (Å²) in [4.78, 5) is 16.5. The van der Waals surface area contributed by atoms with Crippen LogP contribution in [0.4, 0.5) is 0 Å². The van der Waals surface area contributed by atoms with Crippen LogP contribution in [0.2, 0.25) is 0 Å². The molecule has 0 aliphatic carbocycles. The van der Waals surface area contributed by atoms with Gasteiger partial charge >= 0.3 is 0 Å². The Balaban J connectivity index is 1.55. The summed E-state index contributed by atoms with van der Waals surface area (Å²) < 4.78 is 5.13. The Labute approximate surface area is 147 Å². The van der Waals surface area contributed by atoms with Gasteiger partial charge in [-0.3, -0.25) is 4.79 Å². The van der Waals surface area contributed by atoms with Gasteiger partial charge in [0.15, 0.2) is 5.82 Å². The second-order valence-electron chi connectivity index (χ2n) is 6.12. The molecule has 0 aliphatic heterocycles. The van der Waals surface area contributed by atoms with Crippen molar-refractivity contribution in [3.8, 4) is 11.5 Å². The Morgan fingerprint density at radius 1 is 1.12 bits per heavy atom. The number of aromatic nitrogens is 2. The number of amides is 1. The highest BCUT2D eigenvalue weighted by molar-refractivity contribution is 5.94. The molecule has 0 fully saturated rings. The number of aryl methyl sites for hydroxylation is 2. The molecule has 2 aromatic carbocycles. The van der Waals surface area contributed by atoms with Crippen LogP contribution in [-0.2, 0) is 6.42 Å². The topological polar surface area (TPSA) is 68.0 Å². The molecule has 3 rings (SSSR count). The van der Waals surface area contributed by atoms with E-state index in [1.54, 1.807) is 19.1 Å². The van der Waals surface area contributed by atoms with E-state index in [2.05, 4.69) is 27.6 Å². The minimum absolute atomic E-state index is 0.0752. The third kappa shape index (κ3) is 4.53. The number of nitrogens with one attached hydrogen (secondary N) is 1. The predicted octanol–water partition coefficient (Wildman–Crippen LogP) is 3.80. The number of benzene rings is 2. The lowest BCUT2D eigenvalue weighted by molar-refractivity contribution is 0.0938. The number of carbonyl (C=O) groups excluding carboxylic acids is 1. The molecule has 5 nitrogen and oxygen atoms in total. The van der Waals surface area contributed by atoms with E-state index in [4.69, 9.17) is 4.52 Å². The monoisotopic (exact) mass is 335 g/mol. The summed E-state index contributed by atoms with van der Waals surface area (Å²) in [6.07, 6.45) is 1.84. The molecule has 0 aliphatic rings. The Bertz CT molecular complexity index is 826. The summed E-state index contributed by atoms with van der Waals surface area (Å²) >= 11 is 0. The lowest BCUT2D eigenvalue weighted by Gasteiger charge is -2.14. The first kappa shape index (κ1) is 16.9. The van der Waals surface area contributed by atoms with Gasteiger partial charge in [-0.1, -0.05) is 35.5 Å².